The van der Waals surface area contributed by atoms with E-state index in [1.54, 1.807) is 0 Å². The Morgan fingerprint density at radius 2 is 1.77 bits per heavy atom. The van der Waals surface area contributed by atoms with E-state index in [0.717, 1.165) is 35.2 Å². The number of aromatic nitrogens is 1. The average molecular weight is 374 g/mol. The third-order valence-electron chi connectivity index (χ3n) is 5.51. The molecule has 1 saturated carbocycles. The van der Waals surface area contributed by atoms with Crippen molar-refractivity contribution in [3.63, 3.8) is 0 Å². The number of H-pyrrole nitrogens is 1. The van der Waals surface area contributed by atoms with Crippen molar-refractivity contribution < 1.29 is 8.42 Å². The first-order chi connectivity index (χ1) is 12.6. The Morgan fingerprint density at radius 1 is 1.08 bits per heavy atom. The molecule has 1 aliphatic carbocycles. The molecular weight excluding hydrogens is 346 g/mol. The van der Waals surface area contributed by atoms with Crippen LogP contribution in [0, 0.1) is 5.92 Å². The topological polar surface area (TPSA) is 67.0 Å². The standard InChI is InChI=1S/C21H27NO3S/c1-2-17-11-12-20(22-21(17)23)19(13-15-5-3-4-6-15)18-9-7-16(8-10-18)14-26(24)25/h7-12,15,19,26H,2-6,13-14H2,1H3,(H,22,23). The molecule has 0 aliphatic heterocycles. The van der Waals surface area contributed by atoms with Crippen molar-refractivity contribution in [2.75, 3.05) is 0 Å². The van der Waals surface area contributed by atoms with Crippen LogP contribution in [0.2, 0.25) is 0 Å². The Balaban J connectivity index is 1.92. The SMILES string of the molecule is CCc1ccc(C(CC2CCCC2)c2ccc(C[SH](=O)=O)cc2)[nH]c1=O. The second-order valence-corrected chi connectivity index (χ2v) is 8.27. The van der Waals surface area contributed by atoms with Gasteiger partial charge < -0.3 is 4.98 Å². The van der Waals surface area contributed by atoms with Gasteiger partial charge in [0, 0.05) is 17.2 Å². The summed E-state index contributed by atoms with van der Waals surface area (Å²) in [4.78, 5) is 15.4. The third kappa shape index (κ3) is 4.64. The van der Waals surface area contributed by atoms with Crippen molar-refractivity contribution in [3.05, 3.63) is 69.1 Å². The van der Waals surface area contributed by atoms with Crippen LogP contribution in [0.3, 0.4) is 0 Å². The molecule has 1 N–H and O–H groups in total. The zero-order chi connectivity index (χ0) is 18.5. The highest BCUT2D eigenvalue weighted by Crippen LogP contribution is 2.37. The summed E-state index contributed by atoms with van der Waals surface area (Å²) < 4.78 is 21.9. The molecule has 1 aromatic heterocycles. The molecule has 4 nitrogen and oxygen atoms in total. The van der Waals surface area contributed by atoms with Crippen LogP contribution >= 0.6 is 0 Å². The lowest BCUT2D eigenvalue weighted by Gasteiger charge is -2.22. The largest absolute Gasteiger partial charge is 0.325 e. The molecule has 3 rings (SSSR count). The van der Waals surface area contributed by atoms with Crippen LogP contribution in [-0.4, -0.2) is 13.4 Å². The minimum Gasteiger partial charge on any atom is -0.325 e. The maximum absolute atomic E-state index is 12.3. The molecule has 140 valence electrons. The van der Waals surface area contributed by atoms with Crippen LogP contribution < -0.4 is 5.56 Å². The van der Waals surface area contributed by atoms with Gasteiger partial charge in [-0.25, -0.2) is 8.42 Å². The van der Waals surface area contributed by atoms with Crippen molar-refractivity contribution in [3.8, 4) is 0 Å². The van der Waals surface area contributed by atoms with E-state index in [1.165, 1.54) is 25.7 Å². The molecule has 1 atom stereocenters. The van der Waals surface area contributed by atoms with E-state index >= 15 is 0 Å². The minimum atomic E-state index is -2.41. The maximum atomic E-state index is 12.3. The van der Waals surface area contributed by atoms with Gasteiger partial charge in [0.05, 0.1) is 5.75 Å². The third-order valence-corrected chi connectivity index (χ3v) is 6.13. The van der Waals surface area contributed by atoms with Crippen molar-refractivity contribution in [1.82, 2.24) is 4.98 Å². The van der Waals surface area contributed by atoms with Gasteiger partial charge in [-0.15, -0.1) is 0 Å². The van der Waals surface area contributed by atoms with Gasteiger partial charge in [0.1, 0.15) is 10.7 Å². The molecule has 1 aromatic carbocycles. The molecule has 1 fully saturated rings. The molecule has 1 unspecified atom stereocenters. The molecule has 0 radical (unpaired) electrons. The average Bonchev–Trinajstić information content (AvgIpc) is 3.13. The normalized spacial score (nSPS) is 16.2. The fourth-order valence-corrected chi connectivity index (χ4v) is 4.54. The summed E-state index contributed by atoms with van der Waals surface area (Å²) in [6, 6.07) is 11.8. The van der Waals surface area contributed by atoms with E-state index < -0.39 is 10.7 Å². The van der Waals surface area contributed by atoms with Gasteiger partial charge in [-0.1, -0.05) is 62.9 Å². The van der Waals surface area contributed by atoms with E-state index in [1.807, 2.05) is 43.3 Å². The quantitative estimate of drug-likeness (QED) is 0.726. The van der Waals surface area contributed by atoms with Crippen LogP contribution in [-0.2, 0) is 22.9 Å². The van der Waals surface area contributed by atoms with Gasteiger partial charge in [0.15, 0.2) is 0 Å². The molecule has 1 aliphatic rings. The highest BCUT2D eigenvalue weighted by atomic mass is 32.2. The number of aryl methyl sites for hydroxylation is 1. The number of rotatable bonds is 7. The number of aromatic amines is 1. The Kier molecular flexibility index (Phi) is 6.30. The van der Waals surface area contributed by atoms with Crippen molar-refractivity contribution >= 4 is 10.7 Å². The van der Waals surface area contributed by atoms with E-state index in [4.69, 9.17) is 0 Å². The lowest BCUT2D eigenvalue weighted by molar-refractivity contribution is 0.468. The van der Waals surface area contributed by atoms with Gasteiger partial charge >= 0.3 is 0 Å². The van der Waals surface area contributed by atoms with E-state index in [9.17, 15) is 13.2 Å². The predicted octanol–water partition coefficient (Wildman–Crippen LogP) is 3.76. The lowest BCUT2D eigenvalue weighted by atomic mass is 9.85. The molecule has 2 aromatic rings. The monoisotopic (exact) mass is 373 g/mol. The number of pyridine rings is 1. The summed E-state index contributed by atoms with van der Waals surface area (Å²) >= 11 is 0. The second-order valence-electron chi connectivity index (χ2n) is 7.29. The lowest BCUT2D eigenvalue weighted by Crippen LogP contribution is -2.17. The van der Waals surface area contributed by atoms with Gasteiger partial charge in [-0.05, 0) is 36.0 Å². The van der Waals surface area contributed by atoms with E-state index in [-0.39, 0.29) is 17.2 Å². The first kappa shape index (κ1) is 18.9. The summed E-state index contributed by atoms with van der Waals surface area (Å²) in [7, 11) is -2.41. The summed E-state index contributed by atoms with van der Waals surface area (Å²) in [6.07, 6.45) is 6.84. The molecular formula is C21H27NO3S. The smallest absolute Gasteiger partial charge is 0.251 e. The first-order valence-corrected chi connectivity index (χ1v) is 10.9. The van der Waals surface area contributed by atoms with Gasteiger partial charge in [0.25, 0.3) is 5.56 Å². The van der Waals surface area contributed by atoms with Crippen LogP contribution in [0.15, 0.2) is 41.2 Å². The predicted molar refractivity (Wildman–Crippen MR) is 105 cm³/mol. The molecule has 26 heavy (non-hydrogen) atoms. The fraction of sp³-hybridized carbons (Fsp3) is 0.476. The number of benzene rings is 1. The molecule has 0 spiro atoms. The number of hydrogen-bond donors (Lipinski definition) is 2. The van der Waals surface area contributed by atoms with Crippen molar-refractivity contribution in [1.29, 1.82) is 0 Å². The zero-order valence-corrected chi connectivity index (χ0v) is 16.1. The molecule has 1 heterocycles. The van der Waals surface area contributed by atoms with Gasteiger partial charge in [-0.2, -0.15) is 0 Å². The van der Waals surface area contributed by atoms with E-state index in [2.05, 4.69) is 4.98 Å². The minimum absolute atomic E-state index is 0.00129. The highest BCUT2D eigenvalue weighted by Gasteiger charge is 2.23. The number of nitrogens with one attached hydrogen (secondary N) is 1. The maximum Gasteiger partial charge on any atom is 0.251 e. The van der Waals surface area contributed by atoms with Crippen molar-refractivity contribution in [2.45, 2.75) is 57.1 Å². The Morgan fingerprint density at radius 3 is 2.35 bits per heavy atom. The fourth-order valence-electron chi connectivity index (χ4n) is 4.03. The molecule has 0 saturated heterocycles. The summed E-state index contributed by atoms with van der Waals surface area (Å²) in [5.41, 5.74) is 3.71. The van der Waals surface area contributed by atoms with Crippen molar-refractivity contribution in [2.24, 2.45) is 5.92 Å². The summed E-state index contributed by atoms with van der Waals surface area (Å²) in [5, 5.41) is 0. The Hall–Kier alpha value is -1.88. The van der Waals surface area contributed by atoms with E-state index in [0.29, 0.717) is 5.92 Å². The molecule has 0 amide bonds. The first-order valence-electron chi connectivity index (χ1n) is 9.49. The molecule has 0 bridgehead atoms. The molecule has 5 heteroatoms. The summed E-state index contributed by atoms with van der Waals surface area (Å²) in [6.45, 7) is 1.99. The number of hydrogen-bond acceptors (Lipinski definition) is 3. The highest BCUT2D eigenvalue weighted by molar-refractivity contribution is 7.71. The van der Waals surface area contributed by atoms with Gasteiger partial charge in [-0.3, -0.25) is 4.79 Å². The van der Waals surface area contributed by atoms with Crippen LogP contribution in [0.4, 0.5) is 0 Å². The summed E-state index contributed by atoms with van der Waals surface area (Å²) in [5.74, 6) is 0.905. The van der Waals surface area contributed by atoms with Crippen LogP contribution in [0.5, 0.6) is 0 Å². The Bertz CT molecular complexity index is 854. The van der Waals surface area contributed by atoms with Crippen LogP contribution in [0.25, 0.3) is 0 Å². The zero-order valence-electron chi connectivity index (χ0n) is 15.2. The second kappa shape index (κ2) is 8.67. The van der Waals surface area contributed by atoms with Gasteiger partial charge in [0.2, 0.25) is 0 Å². The Labute approximate surface area is 156 Å². The number of thiol groups is 1. The van der Waals surface area contributed by atoms with Crippen LogP contribution in [0.1, 0.15) is 67.3 Å².